The summed E-state index contributed by atoms with van der Waals surface area (Å²) in [5, 5.41) is 6.09. The van der Waals surface area contributed by atoms with Crippen LogP contribution in [0.15, 0.2) is 48.5 Å². The van der Waals surface area contributed by atoms with Crippen molar-refractivity contribution < 1.29 is 9.53 Å². The Morgan fingerprint density at radius 2 is 1.70 bits per heavy atom. The summed E-state index contributed by atoms with van der Waals surface area (Å²) < 4.78 is 5.10. The van der Waals surface area contributed by atoms with Gasteiger partial charge in [-0.1, -0.05) is 39.0 Å². The van der Waals surface area contributed by atoms with Crippen molar-refractivity contribution in [1.82, 2.24) is 0 Å². The van der Waals surface area contributed by atoms with E-state index in [0.717, 1.165) is 17.1 Å². The Hall–Kier alpha value is -2.49. The minimum atomic E-state index is -0.0844. The van der Waals surface area contributed by atoms with E-state index in [1.807, 2.05) is 42.5 Å². The molecule has 1 amide bonds. The molecule has 4 nitrogen and oxygen atoms in total. The number of hydrogen-bond donors (Lipinski definition) is 2. The third-order valence-corrected chi connectivity index (χ3v) is 3.55. The van der Waals surface area contributed by atoms with Crippen LogP contribution in [-0.2, 0) is 10.2 Å². The second kappa shape index (κ2) is 7.18. The Labute approximate surface area is 137 Å². The van der Waals surface area contributed by atoms with E-state index in [2.05, 4.69) is 37.5 Å². The SMILES string of the molecule is COc1ccc(NC(=O)CNc2ccccc2C(C)(C)C)cc1. The average molecular weight is 312 g/mol. The molecule has 0 aliphatic carbocycles. The molecule has 0 aliphatic heterocycles. The predicted molar refractivity (Wildman–Crippen MR) is 95.3 cm³/mol. The van der Waals surface area contributed by atoms with Gasteiger partial charge in [-0.05, 0) is 41.3 Å². The van der Waals surface area contributed by atoms with Crippen LogP contribution in [0.1, 0.15) is 26.3 Å². The van der Waals surface area contributed by atoms with Crippen molar-refractivity contribution in [3.8, 4) is 5.75 Å². The Bertz CT molecular complexity index is 658. The molecule has 2 aromatic carbocycles. The van der Waals surface area contributed by atoms with E-state index < -0.39 is 0 Å². The lowest BCUT2D eigenvalue weighted by atomic mass is 9.86. The maximum absolute atomic E-state index is 12.1. The molecule has 0 heterocycles. The summed E-state index contributed by atoms with van der Waals surface area (Å²) in [7, 11) is 1.62. The molecule has 23 heavy (non-hydrogen) atoms. The first kappa shape index (κ1) is 16.9. The normalized spacial score (nSPS) is 11.0. The number of para-hydroxylation sites is 1. The molecule has 0 spiro atoms. The summed E-state index contributed by atoms with van der Waals surface area (Å²) in [5.41, 5.74) is 2.96. The third-order valence-electron chi connectivity index (χ3n) is 3.55. The van der Waals surface area contributed by atoms with Crippen molar-refractivity contribution in [2.45, 2.75) is 26.2 Å². The maximum atomic E-state index is 12.1. The molecule has 0 fully saturated rings. The fourth-order valence-corrected chi connectivity index (χ4v) is 2.35. The summed E-state index contributed by atoms with van der Waals surface area (Å²) in [4.78, 5) is 12.1. The molecule has 0 saturated heterocycles. The van der Waals surface area contributed by atoms with Crippen LogP contribution in [0.25, 0.3) is 0 Å². The first-order chi connectivity index (χ1) is 10.9. The number of anilines is 2. The summed E-state index contributed by atoms with van der Waals surface area (Å²) in [5.74, 6) is 0.680. The number of amides is 1. The lowest BCUT2D eigenvalue weighted by molar-refractivity contribution is -0.114. The zero-order chi connectivity index (χ0) is 16.9. The fraction of sp³-hybridized carbons (Fsp3) is 0.316. The molecule has 0 atom stereocenters. The monoisotopic (exact) mass is 312 g/mol. The Kier molecular flexibility index (Phi) is 5.27. The predicted octanol–water partition coefficient (Wildman–Crippen LogP) is 4.04. The average Bonchev–Trinajstić information content (AvgIpc) is 2.53. The maximum Gasteiger partial charge on any atom is 0.243 e. The Balaban J connectivity index is 1.97. The summed E-state index contributed by atoms with van der Waals surface area (Å²) in [6.07, 6.45) is 0. The van der Waals surface area contributed by atoms with Crippen molar-refractivity contribution in [2.24, 2.45) is 0 Å². The number of rotatable bonds is 5. The van der Waals surface area contributed by atoms with E-state index >= 15 is 0 Å². The van der Waals surface area contributed by atoms with Gasteiger partial charge >= 0.3 is 0 Å². The zero-order valence-electron chi connectivity index (χ0n) is 14.1. The minimum absolute atomic E-state index is 0.0239. The van der Waals surface area contributed by atoms with E-state index in [1.165, 1.54) is 5.56 Å². The molecule has 0 bridgehead atoms. The highest BCUT2D eigenvalue weighted by molar-refractivity contribution is 5.93. The van der Waals surface area contributed by atoms with Crippen molar-refractivity contribution in [1.29, 1.82) is 0 Å². The molecule has 0 radical (unpaired) electrons. The molecule has 0 saturated carbocycles. The molecular formula is C19H24N2O2. The lowest BCUT2D eigenvalue weighted by Crippen LogP contribution is -2.23. The van der Waals surface area contributed by atoms with E-state index in [1.54, 1.807) is 7.11 Å². The number of nitrogens with one attached hydrogen (secondary N) is 2. The molecule has 2 N–H and O–H groups in total. The highest BCUT2D eigenvalue weighted by atomic mass is 16.5. The standard InChI is InChI=1S/C19H24N2O2/c1-19(2,3)16-7-5-6-8-17(16)20-13-18(22)21-14-9-11-15(23-4)12-10-14/h5-12,20H,13H2,1-4H3,(H,21,22). The van der Waals surface area contributed by atoms with Crippen LogP contribution in [0.2, 0.25) is 0 Å². The Morgan fingerprint density at radius 3 is 2.30 bits per heavy atom. The molecule has 2 rings (SSSR count). The number of methoxy groups -OCH3 is 1. The highest BCUT2D eigenvalue weighted by Gasteiger charge is 2.17. The van der Waals surface area contributed by atoms with Gasteiger partial charge in [-0.25, -0.2) is 0 Å². The third kappa shape index (κ3) is 4.74. The minimum Gasteiger partial charge on any atom is -0.497 e. The summed E-state index contributed by atoms with van der Waals surface area (Å²) in [6.45, 7) is 6.69. The molecular weight excluding hydrogens is 288 g/mol. The fourth-order valence-electron chi connectivity index (χ4n) is 2.35. The molecule has 0 aromatic heterocycles. The van der Waals surface area contributed by atoms with Crippen LogP contribution in [-0.4, -0.2) is 19.6 Å². The molecule has 0 unspecified atom stereocenters. The number of hydrogen-bond acceptors (Lipinski definition) is 3. The van der Waals surface area contributed by atoms with Gasteiger partial charge < -0.3 is 15.4 Å². The van der Waals surface area contributed by atoms with Crippen LogP contribution in [0, 0.1) is 0 Å². The Morgan fingerprint density at radius 1 is 1.04 bits per heavy atom. The number of benzene rings is 2. The van der Waals surface area contributed by atoms with Gasteiger partial charge in [0, 0.05) is 11.4 Å². The first-order valence-corrected chi connectivity index (χ1v) is 7.67. The van der Waals surface area contributed by atoms with Crippen molar-refractivity contribution in [3.63, 3.8) is 0 Å². The number of ether oxygens (including phenoxy) is 1. The second-order valence-corrected chi connectivity index (χ2v) is 6.43. The molecule has 122 valence electrons. The van der Waals surface area contributed by atoms with Gasteiger partial charge in [-0.3, -0.25) is 4.79 Å². The van der Waals surface area contributed by atoms with Gasteiger partial charge in [-0.2, -0.15) is 0 Å². The van der Waals surface area contributed by atoms with Crippen molar-refractivity contribution in [2.75, 3.05) is 24.3 Å². The zero-order valence-corrected chi connectivity index (χ0v) is 14.1. The molecule has 4 heteroatoms. The van der Waals surface area contributed by atoms with Crippen LogP contribution in [0.3, 0.4) is 0 Å². The van der Waals surface area contributed by atoms with Crippen LogP contribution in [0.5, 0.6) is 5.75 Å². The lowest BCUT2D eigenvalue weighted by Gasteiger charge is -2.23. The quantitative estimate of drug-likeness (QED) is 0.876. The number of carbonyl (C=O) groups is 1. The van der Waals surface area contributed by atoms with E-state index in [4.69, 9.17) is 4.74 Å². The molecule has 0 aliphatic rings. The van der Waals surface area contributed by atoms with Gasteiger partial charge in [-0.15, -0.1) is 0 Å². The van der Waals surface area contributed by atoms with Crippen LogP contribution < -0.4 is 15.4 Å². The number of carbonyl (C=O) groups excluding carboxylic acids is 1. The largest absolute Gasteiger partial charge is 0.497 e. The van der Waals surface area contributed by atoms with Gasteiger partial charge in [0.25, 0.3) is 0 Å². The topological polar surface area (TPSA) is 50.4 Å². The van der Waals surface area contributed by atoms with E-state index in [0.29, 0.717) is 0 Å². The highest BCUT2D eigenvalue weighted by Crippen LogP contribution is 2.29. The van der Waals surface area contributed by atoms with Gasteiger partial charge in [0.05, 0.1) is 13.7 Å². The van der Waals surface area contributed by atoms with Crippen LogP contribution >= 0.6 is 0 Å². The van der Waals surface area contributed by atoms with Crippen molar-refractivity contribution in [3.05, 3.63) is 54.1 Å². The van der Waals surface area contributed by atoms with Crippen molar-refractivity contribution >= 4 is 17.3 Å². The van der Waals surface area contributed by atoms with Gasteiger partial charge in [0.15, 0.2) is 0 Å². The van der Waals surface area contributed by atoms with E-state index in [-0.39, 0.29) is 17.9 Å². The second-order valence-electron chi connectivity index (χ2n) is 6.43. The smallest absolute Gasteiger partial charge is 0.243 e. The van der Waals surface area contributed by atoms with E-state index in [9.17, 15) is 4.79 Å². The first-order valence-electron chi connectivity index (χ1n) is 7.67. The molecule has 2 aromatic rings. The van der Waals surface area contributed by atoms with Gasteiger partial charge in [0.2, 0.25) is 5.91 Å². The van der Waals surface area contributed by atoms with Gasteiger partial charge in [0.1, 0.15) is 5.75 Å². The summed E-state index contributed by atoms with van der Waals surface area (Å²) >= 11 is 0. The summed E-state index contributed by atoms with van der Waals surface area (Å²) in [6, 6.07) is 15.3. The van der Waals surface area contributed by atoms with Crippen LogP contribution in [0.4, 0.5) is 11.4 Å².